The van der Waals surface area contributed by atoms with Crippen molar-refractivity contribution in [3.63, 3.8) is 0 Å². The Morgan fingerprint density at radius 2 is 2.05 bits per heavy atom. The van der Waals surface area contributed by atoms with Crippen molar-refractivity contribution in [1.29, 1.82) is 0 Å². The average Bonchev–Trinajstić information content (AvgIpc) is 2.96. The van der Waals surface area contributed by atoms with E-state index in [0.29, 0.717) is 5.92 Å². The molecule has 5 heteroatoms. The maximum Gasteiger partial charge on any atom is 0.135 e. The molecule has 0 aromatic carbocycles. The van der Waals surface area contributed by atoms with Gasteiger partial charge in [-0.2, -0.15) is 0 Å². The Bertz CT molecular complexity index is 372. The highest BCUT2D eigenvalue weighted by Crippen LogP contribution is 2.26. The predicted octanol–water partition coefficient (Wildman–Crippen LogP) is 2.29. The minimum absolute atomic E-state index is 0.578. The molecular weight excluding hydrogens is 252 g/mol. The molecule has 114 valence electrons. The molecule has 0 N–H and O–H groups in total. The highest BCUT2D eigenvalue weighted by atomic mass is 16.5. The lowest BCUT2D eigenvalue weighted by molar-refractivity contribution is 0.0914. The smallest absolute Gasteiger partial charge is 0.135 e. The third-order valence-corrected chi connectivity index (χ3v) is 4.13. The van der Waals surface area contributed by atoms with Crippen LogP contribution in [0.5, 0.6) is 0 Å². The third kappa shape index (κ3) is 4.28. The zero-order valence-electron chi connectivity index (χ0n) is 12.9. The van der Waals surface area contributed by atoms with Crippen molar-refractivity contribution in [2.75, 3.05) is 32.8 Å². The third-order valence-electron chi connectivity index (χ3n) is 4.13. The van der Waals surface area contributed by atoms with Crippen molar-refractivity contribution >= 4 is 0 Å². The van der Waals surface area contributed by atoms with Crippen LogP contribution >= 0.6 is 0 Å². The molecule has 1 saturated heterocycles. The van der Waals surface area contributed by atoms with E-state index in [2.05, 4.69) is 33.5 Å². The Morgan fingerprint density at radius 3 is 2.75 bits per heavy atom. The lowest BCUT2D eigenvalue weighted by atomic mass is 9.96. The van der Waals surface area contributed by atoms with Crippen LogP contribution in [0.3, 0.4) is 0 Å². The van der Waals surface area contributed by atoms with Crippen LogP contribution in [0, 0.1) is 0 Å². The van der Waals surface area contributed by atoms with Crippen LogP contribution in [0.25, 0.3) is 0 Å². The summed E-state index contributed by atoms with van der Waals surface area (Å²) in [4.78, 5) is 2.51. The van der Waals surface area contributed by atoms with Gasteiger partial charge in [0.05, 0.1) is 6.61 Å². The Morgan fingerprint density at radius 1 is 1.25 bits per heavy atom. The summed E-state index contributed by atoms with van der Waals surface area (Å²) >= 11 is 0. The van der Waals surface area contributed by atoms with Gasteiger partial charge < -0.3 is 14.2 Å². The number of piperidine rings is 1. The molecule has 2 heterocycles. The van der Waals surface area contributed by atoms with Gasteiger partial charge in [-0.3, -0.25) is 0 Å². The summed E-state index contributed by atoms with van der Waals surface area (Å²) < 4.78 is 7.82. The second-order valence-electron chi connectivity index (χ2n) is 5.56. The molecular formula is C15H28N4O. The molecule has 0 saturated carbocycles. The maximum atomic E-state index is 5.64. The van der Waals surface area contributed by atoms with E-state index in [1.807, 2.05) is 6.33 Å². The van der Waals surface area contributed by atoms with E-state index in [4.69, 9.17) is 4.74 Å². The first-order valence-corrected chi connectivity index (χ1v) is 8.03. The number of aryl methyl sites for hydroxylation is 1. The molecule has 5 nitrogen and oxygen atoms in total. The molecule has 2 rings (SSSR count). The summed E-state index contributed by atoms with van der Waals surface area (Å²) in [7, 11) is 0. The van der Waals surface area contributed by atoms with E-state index in [9.17, 15) is 0 Å². The fourth-order valence-corrected chi connectivity index (χ4v) is 2.78. The number of hydrogen-bond acceptors (Lipinski definition) is 4. The summed E-state index contributed by atoms with van der Waals surface area (Å²) in [6.45, 7) is 10.5. The first-order chi connectivity index (χ1) is 9.85. The number of rotatable bonds is 8. The van der Waals surface area contributed by atoms with Crippen molar-refractivity contribution in [2.24, 2.45) is 0 Å². The number of unbranched alkanes of at least 4 members (excludes halogenated alkanes) is 1. The predicted molar refractivity (Wildman–Crippen MR) is 79.8 cm³/mol. The second kappa shape index (κ2) is 8.37. The van der Waals surface area contributed by atoms with Gasteiger partial charge in [-0.25, -0.2) is 0 Å². The number of ether oxygens (including phenoxy) is 1. The van der Waals surface area contributed by atoms with Crippen LogP contribution in [0.4, 0.5) is 0 Å². The molecule has 1 aromatic heterocycles. The van der Waals surface area contributed by atoms with E-state index >= 15 is 0 Å². The summed E-state index contributed by atoms with van der Waals surface area (Å²) in [5.74, 6) is 1.75. The van der Waals surface area contributed by atoms with Crippen molar-refractivity contribution in [3.05, 3.63) is 12.2 Å². The maximum absolute atomic E-state index is 5.64. The molecule has 20 heavy (non-hydrogen) atoms. The lowest BCUT2D eigenvalue weighted by Crippen LogP contribution is -2.36. The highest BCUT2D eigenvalue weighted by molar-refractivity contribution is 4.98. The largest absolute Gasteiger partial charge is 0.380 e. The topological polar surface area (TPSA) is 43.2 Å². The van der Waals surface area contributed by atoms with Crippen LogP contribution in [0.2, 0.25) is 0 Å². The van der Waals surface area contributed by atoms with Crippen molar-refractivity contribution in [3.8, 4) is 0 Å². The Hall–Kier alpha value is -0.940. The quantitative estimate of drug-likeness (QED) is 0.685. The average molecular weight is 280 g/mol. The van der Waals surface area contributed by atoms with Crippen molar-refractivity contribution in [1.82, 2.24) is 19.7 Å². The first-order valence-electron chi connectivity index (χ1n) is 8.03. The number of nitrogens with zero attached hydrogens (tertiary/aromatic N) is 4. The van der Waals surface area contributed by atoms with Gasteiger partial charge in [0.25, 0.3) is 0 Å². The molecule has 0 radical (unpaired) electrons. The lowest BCUT2D eigenvalue weighted by Gasteiger charge is -2.31. The normalized spacial score (nSPS) is 17.7. The van der Waals surface area contributed by atoms with Crippen LogP contribution in [0.15, 0.2) is 6.33 Å². The first kappa shape index (κ1) is 15.4. The molecule has 1 aliphatic rings. The van der Waals surface area contributed by atoms with Crippen molar-refractivity contribution < 1.29 is 4.74 Å². The summed E-state index contributed by atoms with van der Waals surface area (Å²) in [5.41, 5.74) is 0. The molecule has 0 atom stereocenters. The zero-order chi connectivity index (χ0) is 14.2. The molecule has 1 fully saturated rings. The number of aromatic nitrogens is 3. The fourth-order valence-electron chi connectivity index (χ4n) is 2.78. The molecule has 1 aliphatic heterocycles. The molecule has 0 aliphatic carbocycles. The van der Waals surface area contributed by atoms with Crippen molar-refractivity contribution in [2.45, 2.75) is 52.0 Å². The SMILES string of the molecule is CCCCOCCN1CCC(c2nncn2CC)CC1. The molecule has 0 unspecified atom stereocenters. The van der Waals surface area contributed by atoms with Gasteiger partial charge in [-0.05, 0) is 39.3 Å². The Kier molecular flexibility index (Phi) is 6.47. The Labute approximate surface area is 122 Å². The van der Waals surface area contributed by atoms with Gasteiger partial charge in [0, 0.05) is 25.6 Å². The van der Waals surface area contributed by atoms with E-state index in [-0.39, 0.29) is 0 Å². The van der Waals surface area contributed by atoms with E-state index in [1.54, 1.807) is 0 Å². The van der Waals surface area contributed by atoms with Gasteiger partial charge in [0.15, 0.2) is 0 Å². The van der Waals surface area contributed by atoms with E-state index < -0.39 is 0 Å². The molecule has 0 spiro atoms. The molecule has 1 aromatic rings. The van der Waals surface area contributed by atoms with Gasteiger partial charge in [0.1, 0.15) is 12.2 Å². The second-order valence-corrected chi connectivity index (χ2v) is 5.56. The van der Waals surface area contributed by atoms with Gasteiger partial charge >= 0.3 is 0 Å². The minimum atomic E-state index is 0.578. The van der Waals surface area contributed by atoms with E-state index in [0.717, 1.165) is 39.4 Å². The molecule has 0 bridgehead atoms. The number of hydrogen-bond donors (Lipinski definition) is 0. The van der Waals surface area contributed by atoms with Crippen LogP contribution in [-0.2, 0) is 11.3 Å². The van der Waals surface area contributed by atoms with Crippen LogP contribution < -0.4 is 0 Å². The summed E-state index contributed by atoms with van der Waals surface area (Å²) in [6, 6.07) is 0. The summed E-state index contributed by atoms with van der Waals surface area (Å²) in [5, 5.41) is 8.35. The fraction of sp³-hybridized carbons (Fsp3) is 0.867. The van der Waals surface area contributed by atoms with Gasteiger partial charge in [-0.1, -0.05) is 13.3 Å². The van der Waals surface area contributed by atoms with Crippen LogP contribution in [0.1, 0.15) is 51.3 Å². The monoisotopic (exact) mass is 280 g/mol. The summed E-state index contributed by atoms with van der Waals surface area (Å²) in [6.07, 6.45) is 6.61. The zero-order valence-corrected chi connectivity index (χ0v) is 12.9. The Balaban J connectivity index is 1.67. The molecule has 0 amide bonds. The van der Waals surface area contributed by atoms with Gasteiger partial charge in [0.2, 0.25) is 0 Å². The van der Waals surface area contributed by atoms with Crippen LogP contribution in [-0.4, -0.2) is 52.5 Å². The highest BCUT2D eigenvalue weighted by Gasteiger charge is 2.23. The van der Waals surface area contributed by atoms with E-state index in [1.165, 1.54) is 31.5 Å². The van der Waals surface area contributed by atoms with Gasteiger partial charge in [-0.15, -0.1) is 10.2 Å². The number of likely N-dealkylation sites (tertiary alicyclic amines) is 1. The minimum Gasteiger partial charge on any atom is -0.380 e. The standard InChI is InChI=1S/C15H28N4O/c1-3-5-11-20-12-10-18-8-6-14(7-9-18)15-17-16-13-19(15)4-2/h13-14H,3-12H2,1-2H3.